The highest BCUT2D eigenvalue weighted by Gasteiger charge is 2.27. The number of nitrogens with zero attached hydrogens (tertiary/aromatic N) is 2. The maximum atomic E-state index is 11.6. The number of H-pyrrole nitrogens is 1. The Hall–Kier alpha value is -1.76. The van der Waals surface area contributed by atoms with Crippen molar-refractivity contribution in [3.63, 3.8) is 0 Å². The number of nitrogen functional groups attached to an aromatic ring is 1. The van der Waals surface area contributed by atoms with E-state index in [4.69, 9.17) is 5.73 Å². The van der Waals surface area contributed by atoms with Crippen LogP contribution in [0.25, 0.3) is 11.3 Å². The number of aromatic amines is 1. The molecule has 3 heterocycles. The second-order valence-corrected chi connectivity index (χ2v) is 6.31. The van der Waals surface area contributed by atoms with Gasteiger partial charge in [-0.05, 0) is 6.07 Å². The smallest absolute Gasteiger partial charge is 0.157 e. The van der Waals surface area contributed by atoms with Crippen LogP contribution in [0.4, 0.5) is 5.69 Å². The van der Waals surface area contributed by atoms with Gasteiger partial charge in [-0.25, -0.2) is 8.42 Å². The molecule has 7 heteroatoms. The Kier molecular flexibility index (Phi) is 2.06. The first kappa shape index (κ1) is 10.4. The summed E-state index contributed by atoms with van der Waals surface area (Å²) < 4.78 is 24.8. The molecule has 0 saturated heterocycles. The third-order valence-electron chi connectivity index (χ3n) is 2.94. The molecule has 0 bridgehead atoms. The Bertz CT molecular complexity index is 655. The summed E-state index contributed by atoms with van der Waals surface area (Å²) in [6.45, 7) is 0.381. The van der Waals surface area contributed by atoms with E-state index in [2.05, 4.69) is 10.1 Å². The first-order chi connectivity index (χ1) is 8.07. The zero-order valence-electron chi connectivity index (χ0n) is 9.05. The highest BCUT2D eigenvalue weighted by atomic mass is 32.2. The van der Waals surface area contributed by atoms with Crippen LogP contribution in [0.2, 0.25) is 0 Å². The number of aryl methyl sites for hydroxylation is 1. The summed E-state index contributed by atoms with van der Waals surface area (Å²) in [7, 11) is -3.02. The quantitative estimate of drug-likeness (QED) is 0.767. The third kappa shape index (κ3) is 1.62. The monoisotopic (exact) mass is 252 g/mol. The van der Waals surface area contributed by atoms with Crippen LogP contribution in [0.3, 0.4) is 0 Å². The molecule has 0 saturated carbocycles. The van der Waals surface area contributed by atoms with E-state index in [1.54, 1.807) is 17.1 Å². The van der Waals surface area contributed by atoms with Gasteiger partial charge in [-0.15, -0.1) is 0 Å². The molecular formula is C10H12N4O2S. The molecule has 0 atom stereocenters. The van der Waals surface area contributed by atoms with E-state index in [1.165, 1.54) is 0 Å². The largest absolute Gasteiger partial charge is 0.395 e. The van der Waals surface area contributed by atoms with Gasteiger partial charge in [-0.1, -0.05) is 0 Å². The minimum Gasteiger partial charge on any atom is -0.395 e. The van der Waals surface area contributed by atoms with Gasteiger partial charge in [0.15, 0.2) is 9.84 Å². The molecule has 6 nitrogen and oxygen atoms in total. The molecule has 1 aliphatic rings. The van der Waals surface area contributed by atoms with Gasteiger partial charge < -0.3 is 10.7 Å². The van der Waals surface area contributed by atoms with Gasteiger partial charge in [0.25, 0.3) is 0 Å². The van der Waals surface area contributed by atoms with E-state index in [0.29, 0.717) is 23.6 Å². The molecule has 3 rings (SSSR count). The van der Waals surface area contributed by atoms with Crippen molar-refractivity contribution in [2.75, 3.05) is 11.5 Å². The molecule has 0 aromatic carbocycles. The molecule has 2 aromatic rings. The minimum absolute atomic E-state index is 0.0176. The molecular weight excluding hydrogens is 240 g/mol. The van der Waals surface area contributed by atoms with Gasteiger partial charge in [-0.3, -0.25) is 4.68 Å². The summed E-state index contributed by atoms with van der Waals surface area (Å²) in [5, 5.41) is 4.37. The first-order valence-corrected chi connectivity index (χ1v) is 7.08. The fraction of sp³-hybridized carbons (Fsp3) is 0.300. The third-order valence-corrected chi connectivity index (χ3v) is 4.46. The highest BCUT2D eigenvalue weighted by Crippen LogP contribution is 2.30. The van der Waals surface area contributed by atoms with Crippen molar-refractivity contribution < 1.29 is 8.42 Å². The Balaban J connectivity index is 2.15. The molecule has 0 fully saturated rings. The molecule has 0 aliphatic carbocycles. The molecule has 17 heavy (non-hydrogen) atoms. The topological polar surface area (TPSA) is 93.8 Å². The number of nitrogens with one attached hydrogen (secondary N) is 1. The number of anilines is 1. The van der Waals surface area contributed by atoms with Crippen LogP contribution in [0.5, 0.6) is 0 Å². The van der Waals surface area contributed by atoms with E-state index in [9.17, 15) is 8.42 Å². The fourth-order valence-electron chi connectivity index (χ4n) is 2.04. The zero-order valence-corrected chi connectivity index (χ0v) is 9.87. The van der Waals surface area contributed by atoms with Crippen molar-refractivity contribution in [1.29, 1.82) is 0 Å². The van der Waals surface area contributed by atoms with Crippen LogP contribution in [0.1, 0.15) is 5.69 Å². The fourth-order valence-corrected chi connectivity index (χ4v) is 3.35. The Morgan fingerprint density at radius 2 is 2.29 bits per heavy atom. The minimum atomic E-state index is -3.02. The van der Waals surface area contributed by atoms with Gasteiger partial charge in [-0.2, -0.15) is 5.10 Å². The average molecular weight is 252 g/mol. The standard InChI is InChI=1S/C10H12N4O2S/c11-9-8-6-17(15,16)4-3-14(8)13-10(9)7-1-2-12-5-7/h1-2,5,12H,3-4,6,11H2. The van der Waals surface area contributed by atoms with Crippen LogP contribution in [0, 0.1) is 0 Å². The summed E-state index contributed by atoms with van der Waals surface area (Å²) in [4.78, 5) is 2.93. The van der Waals surface area contributed by atoms with Crippen molar-refractivity contribution in [2.24, 2.45) is 0 Å². The summed E-state index contributed by atoms with van der Waals surface area (Å²) in [6.07, 6.45) is 3.57. The lowest BCUT2D eigenvalue weighted by Gasteiger charge is -2.13. The van der Waals surface area contributed by atoms with Crippen LogP contribution in [0.15, 0.2) is 18.5 Å². The molecule has 0 amide bonds. The lowest BCUT2D eigenvalue weighted by molar-refractivity contribution is 0.556. The molecule has 0 spiro atoms. The normalized spacial score (nSPS) is 17.9. The van der Waals surface area contributed by atoms with E-state index in [0.717, 1.165) is 5.56 Å². The molecule has 2 aromatic heterocycles. The highest BCUT2D eigenvalue weighted by molar-refractivity contribution is 7.90. The lowest BCUT2D eigenvalue weighted by Crippen LogP contribution is -2.24. The second kappa shape index (κ2) is 3.36. The Labute approximate surface area is 98.4 Å². The summed E-state index contributed by atoms with van der Waals surface area (Å²) in [5.74, 6) is 0.115. The number of nitrogens with two attached hydrogens (primary N) is 1. The lowest BCUT2D eigenvalue weighted by atomic mass is 10.2. The van der Waals surface area contributed by atoms with Crippen LogP contribution < -0.4 is 5.73 Å². The van der Waals surface area contributed by atoms with Crippen molar-refractivity contribution in [3.8, 4) is 11.3 Å². The van der Waals surface area contributed by atoms with Crippen molar-refractivity contribution in [1.82, 2.24) is 14.8 Å². The van der Waals surface area contributed by atoms with Gasteiger partial charge >= 0.3 is 0 Å². The number of hydrogen-bond donors (Lipinski definition) is 2. The maximum absolute atomic E-state index is 11.6. The molecule has 0 radical (unpaired) electrons. The zero-order chi connectivity index (χ0) is 12.0. The molecule has 0 unspecified atom stereocenters. The summed E-state index contributed by atoms with van der Waals surface area (Å²) in [6, 6.07) is 1.86. The van der Waals surface area contributed by atoms with E-state index >= 15 is 0 Å². The van der Waals surface area contributed by atoms with Crippen LogP contribution in [-0.2, 0) is 22.1 Å². The van der Waals surface area contributed by atoms with Crippen LogP contribution in [-0.4, -0.2) is 28.9 Å². The summed E-state index contributed by atoms with van der Waals surface area (Å²) in [5.41, 5.74) is 8.57. The van der Waals surface area contributed by atoms with Gasteiger partial charge in [0.2, 0.25) is 0 Å². The van der Waals surface area contributed by atoms with E-state index in [1.807, 2.05) is 6.07 Å². The summed E-state index contributed by atoms with van der Waals surface area (Å²) >= 11 is 0. The van der Waals surface area contributed by atoms with E-state index in [-0.39, 0.29) is 11.5 Å². The van der Waals surface area contributed by atoms with Crippen molar-refractivity contribution >= 4 is 15.5 Å². The predicted octanol–water partition coefficient (Wildman–Crippen LogP) is 0.389. The maximum Gasteiger partial charge on any atom is 0.157 e. The Morgan fingerprint density at radius 3 is 3.00 bits per heavy atom. The first-order valence-electron chi connectivity index (χ1n) is 5.25. The number of fused-ring (bicyclic) bond motifs is 1. The van der Waals surface area contributed by atoms with Gasteiger partial charge in [0.05, 0.1) is 29.4 Å². The van der Waals surface area contributed by atoms with Gasteiger partial charge in [0.1, 0.15) is 5.69 Å². The SMILES string of the molecule is Nc1c(-c2cc[nH]c2)nn2c1CS(=O)(=O)CC2. The molecule has 90 valence electrons. The number of sulfone groups is 1. The molecule has 3 N–H and O–H groups in total. The second-order valence-electron chi connectivity index (χ2n) is 4.12. The van der Waals surface area contributed by atoms with Crippen LogP contribution >= 0.6 is 0 Å². The van der Waals surface area contributed by atoms with E-state index < -0.39 is 9.84 Å². The average Bonchev–Trinajstić information content (AvgIpc) is 2.87. The van der Waals surface area contributed by atoms with Crippen molar-refractivity contribution in [3.05, 3.63) is 24.2 Å². The number of aromatic nitrogens is 3. The van der Waals surface area contributed by atoms with Crippen molar-refractivity contribution in [2.45, 2.75) is 12.3 Å². The predicted molar refractivity (Wildman–Crippen MR) is 63.9 cm³/mol. The number of hydrogen-bond acceptors (Lipinski definition) is 4. The number of rotatable bonds is 1. The Morgan fingerprint density at radius 1 is 1.47 bits per heavy atom. The molecule has 1 aliphatic heterocycles. The van der Waals surface area contributed by atoms with Gasteiger partial charge in [0, 0.05) is 18.0 Å².